The van der Waals surface area contributed by atoms with E-state index in [0.717, 1.165) is 50.1 Å². The second kappa shape index (κ2) is 8.67. The Hall–Kier alpha value is -2.18. The maximum Gasteiger partial charge on any atom is 0.277 e. The molecule has 0 saturated carbocycles. The van der Waals surface area contributed by atoms with Gasteiger partial charge in [-0.2, -0.15) is 0 Å². The van der Waals surface area contributed by atoms with Crippen LogP contribution in [-0.2, 0) is 14.3 Å². The number of benzene rings is 1. The van der Waals surface area contributed by atoms with Gasteiger partial charge in [0, 0.05) is 39.3 Å². The molecule has 0 bridgehead atoms. The number of ether oxygens (including phenoxy) is 1. The minimum atomic E-state index is -0.152. The number of likely N-dealkylation sites (tertiary alicyclic amines) is 1. The molecule has 0 radical (unpaired) electrons. The third-order valence-electron chi connectivity index (χ3n) is 6.33. The molecular weight excluding hydrogens is 366 g/mol. The number of rotatable bonds is 5. The van der Waals surface area contributed by atoms with E-state index in [-0.39, 0.29) is 11.8 Å². The molecule has 6 heteroatoms. The van der Waals surface area contributed by atoms with Gasteiger partial charge in [-0.1, -0.05) is 36.8 Å². The fraction of sp³-hybridized carbons (Fsp3) is 0.565. The number of carbonyl (C=O) groups is 2. The van der Waals surface area contributed by atoms with Crippen molar-refractivity contribution in [2.75, 3.05) is 52.5 Å². The second-order valence-corrected chi connectivity index (χ2v) is 8.48. The number of hydrogen-bond acceptors (Lipinski definition) is 5. The van der Waals surface area contributed by atoms with Gasteiger partial charge < -0.3 is 9.64 Å². The summed E-state index contributed by atoms with van der Waals surface area (Å²) in [6, 6.07) is 7.94. The first kappa shape index (κ1) is 20.1. The molecule has 0 aromatic heterocycles. The standard InChI is InChI=1S/C23H31N3O3/c1-17-3-5-19(6-4-17)20-21(25-9-7-18(2)8-10-25)23(28)26(22(20)27)12-11-24-13-15-29-16-14-24/h3-6,18H,7-16H2,1-2H3. The zero-order chi connectivity index (χ0) is 20.4. The van der Waals surface area contributed by atoms with Gasteiger partial charge in [0.2, 0.25) is 0 Å². The first-order valence-corrected chi connectivity index (χ1v) is 10.8. The van der Waals surface area contributed by atoms with Gasteiger partial charge in [0.25, 0.3) is 11.8 Å². The van der Waals surface area contributed by atoms with Crippen LogP contribution in [0.1, 0.15) is 30.9 Å². The van der Waals surface area contributed by atoms with Gasteiger partial charge in [-0.3, -0.25) is 19.4 Å². The summed E-state index contributed by atoms with van der Waals surface area (Å²) in [6.07, 6.45) is 2.11. The van der Waals surface area contributed by atoms with Crippen molar-refractivity contribution in [2.45, 2.75) is 26.7 Å². The Labute approximate surface area is 173 Å². The lowest BCUT2D eigenvalue weighted by molar-refractivity contribution is -0.138. The molecule has 0 atom stereocenters. The third-order valence-corrected chi connectivity index (χ3v) is 6.33. The minimum Gasteiger partial charge on any atom is -0.379 e. The average Bonchev–Trinajstić information content (AvgIpc) is 2.98. The van der Waals surface area contributed by atoms with Crippen molar-refractivity contribution in [1.29, 1.82) is 0 Å². The molecule has 2 fully saturated rings. The summed E-state index contributed by atoms with van der Waals surface area (Å²) in [7, 11) is 0. The van der Waals surface area contributed by atoms with E-state index in [1.807, 2.05) is 31.2 Å². The predicted octanol–water partition coefficient (Wildman–Crippen LogP) is 2.14. The van der Waals surface area contributed by atoms with Crippen LogP contribution in [0.3, 0.4) is 0 Å². The van der Waals surface area contributed by atoms with E-state index in [2.05, 4.69) is 16.7 Å². The molecule has 1 aromatic carbocycles. The molecule has 0 unspecified atom stereocenters. The summed E-state index contributed by atoms with van der Waals surface area (Å²) in [6.45, 7) is 10.2. The van der Waals surface area contributed by atoms with Crippen LogP contribution in [0.25, 0.3) is 5.57 Å². The summed E-state index contributed by atoms with van der Waals surface area (Å²) in [5.41, 5.74) is 3.17. The first-order chi connectivity index (χ1) is 14.0. The third kappa shape index (κ3) is 4.23. The lowest BCUT2D eigenvalue weighted by Gasteiger charge is -2.33. The number of nitrogens with zero attached hydrogens (tertiary/aromatic N) is 3. The van der Waals surface area contributed by atoms with Crippen LogP contribution in [0, 0.1) is 12.8 Å². The summed E-state index contributed by atoms with van der Waals surface area (Å²) in [5, 5.41) is 0. The van der Waals surface area contributed by atoms with Crippen LogP contribution < -0.4 is 0 Å². The summed E-state index contributed by atoms with van der Waals surface area (Å²) >= 11 is 0. The van der Waals surface area contributed by atoms with Crippen LogP contribution in [0.2, 0.25) is 0 Å². The molecule has 2 saturated heterocycles. The summed E-state index contributed by atoms with van der Waals surface area (Å²) in [5.74, 6) is 0.383. The van der Waals surface area contributed by atoms with Crippen molar-refractivity contribution in [3.05, 3.63) is 41.1 Å². The molecule has 6 nitrogen and oxygen atoms in total. The Morgan fingerprint density at radius 1 is 0.931 bits per heavy atom. The first-order valence-electron chi connectivity index (χ1n) is 10.8. The maximum atomic E-state index is 13.4. The van der Waals surface area contributed by atoms with Crippen molar-refractivity contribution >= 4 is 17.4 Å². The van der Waals surface area contributed by atoms with Crippen molar-refractivity contribution < 1.29 is 14.3 Å². The maximum absolute atomic E-state index is 13.4. The van der Waals surface area contributed by atoms with Crippen LogP contribution in [0.5, 0.6) is 0 Å². The van der Waals surface area contributed by atoms with E-state index in [1.165, 1.54) is 4.90 Å². The van der Waals surface area contributed by atoms with Crippen molar-refractivity contribution in [3.63, 3.8) is 0 Å². The van der Waals surface area contributed by atoms with Gasteiger partial charge in [-0.25, -0.2) is 0 Å². The monoisotopic (exact) mass is 397 g/mol. The highest BCUT2D eigenvalue weighted by Crippen LogP contribution is 2.33. The molecule has 0 spiro atoms. The van der Waals surface area contributed by atoms with Crippen molar-refractivity contribution in [3.8, 4) is 0 Å². The van der Waals surface area contributed by atoms with Crippen LogP contribution in [-0.4, -0.2) is 79.0 Å². The Morgan fingerprint density at radius 2 is 1.59 bits per heavy atom. The molecule has 29 heavy (non-hydrogen) atoms. The Bertz CT molecular complexity index is 788. The minimum absolute atomic E-state index is 0.131. The smallest absolute Gasteiger partial charge is 0.277 e. The highest BCUT2D eigenvalue weighted by Gasteiger charge is 2.42. The van der Waals surface area contributed by atoms with E-state index in [0.29, 0.717) is 43.5 Å². The summed E-state index contributed by atoms with van der Waals surface area (Å²) < 4.78 is 5.40. The van der Waals surface area contributed by atoms with Crippen molar-refractivity contribution in [2.24, 2.45) is 5.92 Å². The van der Waals surface area contributed by atoms with Crippen LogP contribution in [0.4, 0.5) is 0 Å². The van der Waals surface area contributed by atoms with E-state index >= 15 is 0 Å². The van der Waals surface area contributed by atoms with E-state index in [1.54, 1.807) is 0 Å². The number of amides is 2. The van der Waals surface area contributed by atoms with Gasteiger partial charge in [0.1, 0.15) is 5.70 Å². The zero-order valence-electron chi connectivity index (χ0n) is 17.5. The Kier molecular flexibility index (Phi) is 6.01. The fourth-order valence-corrected chi connectivity index (χ4v) is 4.34. The number of carbonyl (C=O) groups excluding carboxylic acids is 2. The van der Waals surface area contributed by atoms with Crippen LogP contribution >= 0.6 is 0 Å². The molecule has 1 aromatic rings. The zero-order valence-corrected chi connectivity index (χ0v) is 17.5. The molecular formula is C23H31N3O3. The number of hydrogen-bond donors (Lipinski definition) is 0. The highest BCUT2D eigenvalue weighted by atomic mass is 16.5. The van der Waals surface area contributed by atoms with Gasteiger partial charge in [-0.05, 0) is 31.2 Å². The Balaban J connectivity index is 1.59. The topological polar surface area (TPSA) is 53.1 Å². The van der Waals surface area contributed by atoms with Gasteiger partial charge in [0.15, 0.2) is 0 Å². The number of aryl methyl sites for hydroxylation is 1. The normalized spacial score (nSPS) is 22.1. The lowest BCUT2D eigenvalue weighted by Crippen LogP contribution is -2.44. The highest BCUT2D eigenvalue weighted by molar-refractivity contribution is 6.35. The molecule has 3 heterocycles. The lowest BCUT2D eigenvalue weighted by atomic mass is 9.97. The molecule has 156 valence electrons. The Morgan fingerprint density at radius 3 is 2.24 bits per heavy atom. The second-order valence-electron chi connectivity index (χ2n) is 8.48. The summed E-state index contributed by atoms with van der Waals surface area (Å²) in [4.78, 5) is 32.6. The van der Waals surface area contributed by atoms with E-state index in [9.17, 15) is 9.59 Å². The van der Waals surface area contributed by atoms with Gasteiger partial charge in [0.05, 0.1) is 18.8 Å². The predicted molar refractivity (Wildman–Crippen MR) is 112 cm³/mol. The van der Waals surface area contributed by atoms with Gasteiger partial charge in [-0.15, -0.1) is 0 Å². The average molecular weight is 398 g/mol. The number of imide groups is 1. The molecule has 0 aliphatic carbocycles. The largest absolute Gasteiger partial charge is 0.379 e. The molecule has 2 amide bonds. The van der Waals surface area contributed by atoms with Crippen molar-refractivity contribution in [1.82, 2.24) is 14.7 Å². The van der Waals surface area contributed by atoms with E-state index < -0.39 is 0 Å². The quantitative estimate of drug-likeness (QED) is 0.713. The van der Waals surface area contributed by atoms with Gasteiger partial charge >= 0.3 is 0 Å². The molecule has 4 rings (SSSR count). The molecule has 0 N–H and O–H groups in total. The number of morpholine rings is 1. The van der Waals surface area contributed by atoms with E-state index in [4.69, 9.17) is 4.74 Å². The van der Waals surface area contributed by atoms with Crippen LogP contribution in [0.15, 0.2) is 30.0 Å². The molecule has 3 aliphatic rings. The molecule has 3 aliphatic heterocycles. The SMILES string of the molecule is Cc1ccc(C2=C(N3CCC(C)CC3)C(=O)N(CCN3CCOCC3)C2=O)cc1. The fourth-order valence-electron chi connectivity index (χ4n) is 4.34. The number of piperidine rings is 1.